The van der Waals surface area contributed by atoms with Gasteiger partial charge in [-0.25, -0.2) is 4.57 Å². The molecule has 0 spiro atoms. The molecule has 3 heterocycles. The number of rotatable bonds is 0. The summed E-state index contributed by atoms with van der Waals surface area (Å²) in [5.41, 5.74) is 4.07. The van der Waals surface area contributed by atoms with Crippen LogP contribution in [0.4, 0.5) is 0 Å². The average molecular weight is 223 g/mol. The quantitative estimate of drug-likeness (QED) is 0.565. The van der Waals surface area contributed by atoms with Gasteiger partial charge in [-0.1, -0.05) is 18.2 Å². The standard InChI is InChI=1S/C15H14N2/c1-2-6-13-11(5-1)12-8-10-17-9-4-3-7-14(17)15(12)16-13/h1-2,5-6,8,10H,3-4,7,9H2/p+1. The highest BCUT2D eigenvalue weighted by molar-refractivity contribution is 6.07. The molecule has 17 heavy (non-hydrogen) atoms. The summed E-state index contributed by atoms with van der Waals surface area (Å²) in [4.78, 5) is 3.59. The van der Waals surface area contributed by atoms with Gasteiger partial charge in [0.2, 0.25) is 5.69 Å². The van der Waals surface area contributed by atoms with Crippen LogP contribution >= 0.6 is 0 Å². The maximum atomic E-state index is 3.59. The number of pyridine rings is 1. The average Bonchev–Trinajstić information content (AvgIpc) is 2.78. The SMILES string of the molecule is c1ccc2c(c1)[nH]c1c3[n+](ccc12)CCCC3. The van der Waals surface area contributed by atoms with Gasteiger partial charge in [-0.2, -0.15) is 0 Å². The van der Waals surface area contributed by atoms with Crippen molar-refractivity contribution < 1.29 is 4.57 Å². The second kappa shape index (κ2) is 3.33. The van der Waals surface area contributed by atoms with E-state index in [1.165, 1.54) is 53.3 Å². The Labute approximate surface area is 99.9 Å². The molecule has 3 aromatic rings. The molecule has 0 atom stereocenters. The molecule has 1 N–H and O–H groups in total. The first kappa shape index (κ1) is 9.23. The predicted octanol–water partition coefficient (Wildman–Crippen LogP) is 2.94. The second-order valence-electron chi connectivity index (χ2n) is 4.87. The van der Waals surface area contributed by atoms with E-state index in [9.17, 15) is 0 Å². The summed E-state index contributed by atoms with van der Waals surface area (Å²) in [7, 11) is 0. The number of nitrogens with one attached hydrogen (secondary N) is 1. The number of aromatic amines is 1. The Morgan fingerprint density at radius 1 is 1.00 bits per heavy atom. The molecule has 2 nitrogen and oxygen atoms in total. The lowest BCUT2D eigenvalue weighted by Gasteiger charge is -2.09. The van der Waals surface area contributed by atoms with E-state index in [0.29, 0.717) is 0 Å². The minimum atomic E-state index is 1.17. The van der Waals surface area contributed by atoms with Crippen LogP contribution in [0.25, 0.3) is 21.8 Å². The number of benzene rings is 1. The number of fused-ring (bicyclic) bond motifs is 5. The number of hydrogen-bond donors (Lipinski definition) is 1. The molecule has 1 aliphatic rings. The summed E-state index contributed by atoms with van der Waals surface area (Å²) in [6, 6.07) is 10.8. The molecule has 0 saturated carbocycles. The summed E-state index contributed by atoms with van der Waals surface area (Å²) in [6.45, 7) is 1.17. The van der Waals surface area contributed by atoms with Gasteiger partial charge in [0.1, 0.15) is 12.1 Å². The molecule has 0 saturated heterocycles. The number of hydrogen-bond acceptors (Lipinski definition) is 0. The highest BCUT2D eigenvalue weighted by atomic mass is 15.0. The molecule has 4 rings (SSSR count). The number of H-pyrrole nitrogens is 1. The van der Waals surface area contributed by atoms with E-state index in [1.54, 1.807) is 0 Å². The minimum Gasteiger partial charge on any atom is -0.349 e. The molecule has 0 radical (unpaired) electrons. The number of nitrogens with zero attached hydrogens (tertiary/aromatic N) is 1. The van der Waals surface area contributed by atoms with E-state index in [0.717, 1.165) is 0 Å². The van der Waals surface area contributed by atoms with Crippen LogP contribution in [0.5, 0.6) is 0 Å². The topological polar surface area (TPSA) is 19.7 Å². The first-order chi connectivity index (χ1) is 8.43. The van der Waals surface area contributed by atoms with Crippen LogP contribution in [0.15, 0.2) is 36.5 Å². The van der Waals surface area contributed by atoms with Crippen molar-refractivity contribution >= 4 is 21.8 Å². The van der Waals surface area contributed by atoms with Crippen molar-refractivity contribution in [1.29, 1.82) is 0 Å². The van der Waals surface area contributed by atoms with Crippen LogP contribution in [0.2, 0.25) is 0 Å². The summed E-state index contributed by atoms with van der Waals surface area (Å²) in [5, 5.41) is 2.71. The fourth-order valence-electron chi connectivity index (χ4n) is 3.02. The molecule has 2 heteroatoms. The van der Waals surface area contributed by atoms with Crippen LogP contribution in [0, 0.1) is 0 Å². The van der Waals surface area contributed by atoms with Crippen molar-refractivity contribution in [1.82, 2.24) is 4.98 Å². The van der Waals surface area contributed by atoms with Crippen LogP contribution in [-0.2, 0) is 13.0 Å². The van der Waals surface area contributed by atoms with Gasteiger partial charge in [0.25, 0.3) is 0 Å². The van der Waals surface area contributed by atoms with Crippen molar-refractivity contribution in [2.45, 2.75) is 25.8 Å². The second-order valence-corrected chi connectivity index (χ2v) is 4.87. The van der Waals surface area contributed by atoms with E-state index in [2.05, 4.69) is 46.1 Å². The van der Waals surface area contributed by atoms with E-state index in [-0.39, 0.29) is 0 Å². The van der Waals surface area contributed by atoms with Gasteiger partial charge in [-0.05, 0) is 12.5 Å². The van der Waals surface area contributed by atoms with Gasteiger partial charge < -0.3 is 4.98 Å². The predicted molar refractivity (Wildman–Crippen MR) is 68.9 cm³/mol. The largest absolute Gasteiger partial charge is 0.349 e. The summed E-state index contributed by atoms with van der Waals surface area (Å²) in [5.74, 6) is 0. The van der Waals surface area contributed by atoms with E-state index >= 15 is 0 Å². The summed E-state index contributed by atoms with van der Waals surface area (Å²) >= 11 is 0. The number of aromatic nitrogens is 2. The van der Waals surface area contributed by atoms with Crippen molar-refractivity contribution in [2.24, 2.45) is 0 Å². The van der Waals surface area contributed by atoms with Crippen LogP contribution in [-0.4, -0.2) is 4.98 Å². The fraction of sp³-hybridized carbons (Fsp3) is 0.267. The third kappa shape index (κ3) is 1.24. The Morgan fingerprint density at radius 2 is 1.94 bits per heavy atom. The lowest BCUT2D eigenvalue weighted by molar-refractivity contribution is -0.707. The molecule has 2 aromatic heterocycles. The van der Waals surface area contributed by atoms with Crippen LogP contribution < -0.4 is 4.57 Å². The van der Waals surface area contributed by atoms with E-state index in [1.807, 2.05) is 0 Å². The Kier molecular flexibility index (Phi) is 1.81. The molecule has 0 unspecified atom stereocenters. The van der Waals surface area contributed by atoms with Crippen molar-refractivity contribution in [3.05, 3.63) is 42.2 Å². The third-order valence-corrected chi connectivity index (χ3v) is 3.87. The molecule has 0 fully saturated rings. The number of aryl methyl sites for hydroxylation is 2. The molecule has 1 aliphatic heterocycles. The van der Waals surface area contributed by atoms with E-state index in [4.69, 9.17) is 0 Å². The lowest BCUT2D eigenvalue weighted by atomic mass is 10.1. The van der Waals surface area contributed by atoms with E-state index < -0.39 is 0 Å². The highest BCUT2D eigenvalue weighted by Gasteiger charge is 2.21. The zero-order chi connectivity index (χ0) is 11.2. The van der Waals surface area contributed by atoms with Crippen molar-refractivity contribution in [3.63, 3.8) is 0 Å². The van der Waals surface area contributed by atoms with Gasteiger partial charge in [0.05, 0.1) is 0 Å². The molecule has 84 valence electrons. The molecule has 0 aliphatic carbocycles. The van der Waals surface area contributed by atoms with Crippen molar-refractivity contribution in [2.75, 3.05) is 0 Å². The minimum absolute atomic E-state index is 1.17. The molecule has 0 amide bonds. The molecular weight excluding hydrogens is 208 g/mol. The van der Waals surface area contributed by atoms with Gasteiger partial charge in [0, 0.05) is 35.2 Å². The summed E-state index contributed by atoms with van der Waals surface area (Å²) in [6.07, 6.45) is 6.07. The van der Waals surface area contributed by atoms with Gasteiger partial charge in [-0.15, -0.1) is 0 Å². The van der Waals surface area contributed by atoms with Crippen molar-refractivity contribution in [3.8, 4) is 0 Å². The van der Waals surface area contributed by atoms with Gasteiger partial charge in [0.15, 0.2) is 6.20 Å². The molecule has 1 aromatic carbocycles. The van der Waals surface area contributed by atoms with Crippen LogP contribution in [0.3, 0.4) is 0 Å². The highest BCUT2D eigenvalue weighted by Crippen LogP contribution is 2.27. The Morgan fingerprint density at radius 3 is 2.94 bits per heavy atom. The Balaban J connectivity index is 2.16. The smallest absolute Gasteiger partial charge is 0.205 e. The number of para-hydroxylation sites is 1. The molecule has 0 bridgehead atoms. The van der Waals surface area contributed by atoms with Crippen LogP contribution in [0.1, 0.15) is 18.5 Å². The molecular formula is C15H15N2+. The first-order valence-electron chi connectivity index (χ1n) is 6.35. The zero-order valence-corrected chi connectivity index (χ0v) is 9.74. The lowest BCUT2D eigenvalue weighted by Crippen LogP contribution is -2.41. The monoisotopic (exact) mass is 223 g/mol. The maximum Gasteiger partial charge on any atom is 0.205 e. The first-order valence-corrected chi connectivity index (χ1v) is 6.35. The Bertz CT molecular complexity index is 709. The summed E-state index contributed by atoms with van der Waals surface area (Å²) < 4.78 is 2.40. The fourth-order valence-corrected chi connectivity index (χ4v) is 3.02. The zero-order valence-electron chi connectivity index (χ0n) is 9.74. The maximum absolute atomic E-state index is 3.59. The van der Waals surface area contributed by atoms with Gasteiger partial charge in [-0.3, -0.25) is 0 Å². The van der Waals surface area contributed by atoms with Gasteiger partial charge >= 0.3 is 0 Å². The third-order valence-electron chi connectivity index (χ3n) is 3.87. The Hall–Kier alpha value is -1.83. The normalized spacial score (nSPS) is 15.3.